The molecule has 3 rings (SSSR count). The first-order chi connectivity index (χ1) is 11.1. The van der Waals surface area contributed by atoms with Crippen LogP contribution in [0.2, 0.25) is 0 Å². The molecule has 2 N–H and O–H groups in total. The number of rotatable bonds is 4. The lowest BCUT2D eigenvalue weighted by Gasteiger charge is -2.35. The molecular weight excluding hydrogens is 296 g/mol. The van der Waals surface area contributed by atoms with Gasteiger partial charge >= 0.3 is 0 Å². The van der Waals surface area contributed by atoms with Crippen LogP contribution in [0.15, 0.2) is 40.9 Å². The second-order valence-electron chi connectivity index (χ2n) is 5.80. The Kier molecular flexibility index (Phi) is 4.62. The minimum atomic E-state index is -0.767. The topological polar surface area (TPSA) is 84.6 Å². The van der Waals surface area contributed by atoms with E-state index in [4.69, 9.17) is 9.26 Å². The van der Waals surface area contributed by atoms with Gasteiger partial charge in [0, 0.05) is 6.07 Å². The van der Waals surface area contributed by atoms with E-state index < -0.39 is 6.10 Å². The van der Waals surface area contributed by atoms with E-state index in [9.17, 15) is 9.90 Å². The molecule has 1 aliphatic carbocycles. The fourth-order valence-electron chi connectivity index (χ4n) is 2.81. The first-order valence-corrected chi connectivity index (χ1v) is 7.77. The Labute approximate surface area is 134 Å². The van der Waals surface area contributed by atoms with E-state index in [2.05, 4.69) is 10.5 Å². The fourth-order valence-corrected chi connectivity index (χ4v) is 2.81. The predicted molar refractivity (Wildman–Crippen MR) is 83.2 cm³/mol. The van der Waals surface area contributed by atoms with Gasteiger partial charge in [0.2, 0.25) is 5.76 Å². The van der Waals surface area contributed by atoms with Crippen molar-refractivity contribution in [3.8, 4) is 5.75 Å². The second-order valence-corrected chi connectivity index (χ2v) is 5.80. The van der Waals surface area contributed by atoms with Crippen LogP contribution < -0.4 is 10.1 Å². The Balaban J connectivity index is 1.63. The molecule has 0 aliphatic heterocycles. The van der Waals surface area contributed by atoms with Gasteiger partial charge in [0.25, 0.3) is 5.91 Å². The summed E-state index contributed by atoms with van der Waals surface area (Å²) in [6, 6.07) is 10.6. The van der Waals surface area contributed by atoms with Crippen LogP contribution in [0.25, 0.3) is 0 Å². The standard InChI is InChI=1S/C17H20N2O4/c1-11-10-15(23-19-11)17(21)18-13-8-5-9-14(16(13)20)22-12-6-3-2-4-7-12/h2-4,6-7,10,13-14,16,20H,5,8-9H2,1H3,(H,18,21)/t13-,14-,16-/m1/s1. The molecule has 0 bridgehead atoms. The Bertz CT molecular complexity index is 656. The molecule has 1 amide bonds. The van der Waals surface area contributed by atoms with Crippen molar-refractivity contribution < 1.29 is 19.2 Å². The molecule has 122 valence electrons. The van der Waals surface area contributed by atoms with Crippen molar-refractivity contribution >= 4 is 5.91 Å². The Hall–Kier alpha value is -2.34. The summed E-state index contributed by atoms with van der Waals surface area (Å²) in [5.41, 5.74) is 0.643. The van der Waals surface area contributed by atoms with Gasteiger partial charge in [-0.2, -0.15) is 0 Å². The Morgan fingerprint density at radius 2 is 2.13 bits per heavy atom. The van der Waals surface area contributed by atoms with Crippen molar-refractivity contribution in [2.45, 2.75) is 44.4 Å². The summed E-state index contributed by atoms with van der Waals surface area (Å²) < 4.78 is 10.8. The molecule has 0 radical (unpaired) electrons. The quantitative estimate of drug-likeness (QED) is 0.902. The van der Waals surface area contributed by atoms with Gasteiger partial charge in [-0.15, -0.1) is 0 Å². The van der Waals surface area contributed by atoms with Gasteiger partial charge in [0.05, 0.1) is 11.7 Å². The third-order valence-corrected chi connectivity index (χ3v) is 4.00. The first kappa shape index (κ1) is 15.6. The highest BCUT2D eigenvalue weighted by molar-refractivity contribution is 5.91. The number of para-hydroxylation sites is 1. The van der Waals surface area contributed by atoms with E-state index in [1.165, 1.54) is 0 Å². The Morgan fingerprint density at radius 3 is 2.83 bits per heavy atom. The summed E-state index contributed by atoms with van der Waals surface area (Å²) in [4.78, 5) is 12.1. The summed E-state index contributed by atoms with van der Waals surface area (Å²) in [5, 5.41) is 17.0. The van der Waals surface area contributed by atoms with Crippen molar-refractivity contribution in [2.75, 3.05) is 0 Å². The number of benzene rings is 1. The number of hydrogen-bond donors (Lipinski definition) is 2. The van der Waals surface area contributed by atoms with Gasteiger partial charge in [-0.25, -0.2) is 0 Å². The van der Waals surface area contributed by atoms with Crippen LogP contribution in [0.5, 0.6) is 5.75 Å². The second kappa shape index (κ2) is 6.83. The maximum Gasteiger partial charge on any atom is 0.290 e. The van der Waals surface area contributed by atoms with Crippen LogP contribution in [0.3, 0.4) is 0 Å². The average molecular weight is 316 g/mol. The lowest BCUT2D eigenvalue weighted by atomic mass is 9.89. The highest BCUT2D eigenvalue weighted by atomic mass is 16.5. The van der Waals surface area contributed by atoms with Gasteiger partial charge < -0.3 is 19.7 Å². The SMILES string of the molecule is Cc1cc(C(=O)N[C@@H]2CCC[C@@H](Oc3ccccc3)[C@@H]2O)on1. The number of hydrogen-bond acceptors (Lipinski definition) is 5. The van der Waals surface area contributed by atoms with Crippen molar-refractivity contribution in [2.24, 2.45) is 0 Å². The third kappa shape index (κ3) is 3.71. The van der Waals surface area contributed by atoms with E-state index in [1.54, 1.807) is 13.0 Å². The van der Waals surface area contributed by atoms with E-state index >= 15 is 0 Å². The highest BCUT2D eigenvalue weighted by Crippen LogP contribution is 2.24. The molecule has 6 heteroatoms. The zero-order valence-corrected chi connectivity index (χ0v) is 12.9. The molecule has 1 aromatic heterocycles. The zero-order chi connectivity index (χ0) is 16.2. The number of nitrogens with zero attached hydrogens (tertiary/aromatic N) is 1. The fraction of sp³-hybridized carbons (Fsp3) is 0.412. The molecule has 0 unspecified atom stereocenters. The van der Waals surface area contributed by atoms with E-state index in [1.807, 2.05) is 30.3 Å². The molecule has 1 aliphatic rings. The lowest BCUT2D eigenvalue weighted by Crippen LogP contribution is -2.52. The van der Waals surface area contributed by atoms with Crippen molar-refractivity contribution in [1.82, 2.24) is 10.5 Å². The van der Waals surface area contributed by atoms with E-state index in [0.29, 0.717) is 12.1 Å². The molecule has 1 fully saturated rings. The summed E-state index contributed by atoms with van der Waals surface area (Å²) >= 11 is 0. The van der Waals surface area contributed by atoms with Gasteiger partial charge in [-0.1, -0.05) is 23.4 Å². The molecule has 6 nitrogen and oxygen atoms in total. The Morgan fingerprint density at radius 1 is 1.35 bits per heavy atom. The van der Waals surface area contributed by atoms with Crippen LogP contribution in [-0.4, -0.2) is 34.4 Å². The molecule has 1 saturated carbocycles. The minimum Gasteiger partial charge on any atom is -0.488 e. The number of carbonyl (C=O) groups excluding carboxylic acids is 1. The summed E-state index contributed by atoms with van der Waals surface area (Å²) in [7, 11) is 0. The molecule has 3 atom stereocenters. The smallest absolute Gasteiger partial charge is 0.290 e. The van der Waals surface area contributed by atoms with E-state index in [0.717, 1.165) is 18.6 Å². The van der Waals surface area contributed by atoms with Crippen LogP contribution in [0.1, 0.15) is 35.5 Å². The van der Waals surface area contributed by atoms with Gasteiger partial charge in [0.15, 0.2) is 0 Å². The lowest BCUT2D eigenvalue weighted by molar-refractivity contribution is -0.0143. The largest absolute Gasteiger partial charge is 0.488 e. The van der Waals surface area contributed by atoms with Crippen LogP contribution in [-0.2, 0) is 0 Å². The molecule has 0 spiro atoms. The molecule has 0 saturated heterocycles. The maximum absolute atomic E-state index is 12.1. The van der Waals surface area contributed by atoms with Crippen LogP contribution in [0.4, 0.5) is 0 Å². The van der Waals surface area contributed by atoms with Crippen molar-refractivity contribution in [3.63, 3.8) is 0 Å². The highest BCUT2D eigenvalue weighted by Gasteiger charge is 2.34. The monoisotopic (exact) mass is 316 g/mol. The van der Waals surface area contributed by atoms with Crippen molar-refractivity contribution in [3.05, 3.63) is 47.9 Å². The molecule has 2 aromatic rings. The molecule has 1 aromatic carbocycles. The zero-order valence-electron chi connectivity index (χ0n) is 12.9. The summed E-state index contributed by atoms with van der Waals surface area (Å²) in [6.07, 6.45) is 1.22. The average Bonchev–Trinajstić information content (AvgIpc) is 2.99. The predicted octanol–water partition coefficient (Wildman–Crippen LogP) is 2.07. The third-order valence-electron chi connectivity index (χ3n) is 4.00. The number of ether oxygens (including phenoxy) is 1. The molecular formula is C17H20N2O4. The number of aliphatic hydroxyl groups is 1. The van der Waals surface area contributed by atoms with Gasteiger partial charge in [-0.05, 0) is 38.3 Å². The van der Waals surface area contributed by atoms with E-state index in [-0.39, 0.29) is 23.8 Å². The summed E-state index contributed by atoms with van der Waals surface area (Å²) in [5.74, 6) is 0.505. The number of carbonyl (C=O) groups is 1. The van der Waals surface area contributed by atoms with Crippen LogP contribution >= 0.6 is 0 Å². The summed E-state index contributed by atoms with van der Waals surface area (Å²) in [6.45, 7) is 1.75. The van der Waals surface area contributed by atoms with Gasteiger partial charge in [0.1, 0.15) is 18.0 Å². The van der Waals surface area contributed by atoms with Crippen LogP contribution in [0, 0.1) is 6.92 Å². The molecule has 23 heavy (non-hydrogen) atoms. The molecule has 1 heterocycles. The number of nitrogens with one attached hydrogen (secondary N) is 1. The minimum absolute atomic E-state index is 0.154. The maximum atomic E-state index is 12.1. The number of aliphatic hydroxyl groups excluding tert-OH is 1. The normalized spacial score (nSPS) is 24.2. The number of aromatic nitrogens is 1. The first-order valence-electron chi connectivity index (χ1n) is 7.77. The number of aryl methyl sites for hydroxylation is 1. The van der Waals surface area contributed by atoms with Crippen molar-refractivity contribution in [1.29, 1.82) is 0 Å². The van der Waals surface area contributed by atoms with Gasteiger partial charge in [-0.3, -0.25) is 4.79 Å². The number of amides is 1.